The minimum Gasteiger partial charge on any atom is -0.340 e. The Hall–Kier alpha value is -1.89. The number of fused-ring (bicyclic) bond motifs is 1. The maximum Gasteiger partial charge on any atom is 0.229 e. The molecular weight excluding hydrogens is 386 g/mol. The van der Waals surface area contributed by atoms with Crippen molar-refractivity contribution in [1.29, 1.82) is 0 Å². The summed E-state index contributed by atoms with van der Waals surface area (Å²) in [6.07, 6.45) is 1.48. The molecular formula is C22H28N3OS2+. The fraction of sp³-hybridized carbons (Fsp3) is 0.364. The molecule has 28 heavy (non-hydrogen) atoms. The van der Waals surface area contributed by atoms with Crippen molar-refractivity contribution in [2.45, 2.75) is 24.7 Å². The van der Waals surface area contributed by atoms with E-state index in [1.165, 1.54) is 15.4 Å². The van der Waals surface area contributed by atoms with Crippen molar-refractivity contribution in [1.82, 2.24) is 4.98 Å². The second-order valence-corrected chi connectivity index (χ2v) is 9.41. The van der Waals surface area contributed by atoms with Crippen LogP contribution >= 0.6 is 23.1 Å². The standard InChI is InChI=1S/C22H27N3OS2/c1-17-9-11-18(12-10-17)27-16-13-21(26)25(15-6-14-24(2)3)22-23-19-7-4-5-8-20(19)28-22/h4-5,7-12H,6,13-16H2,1-3H3/p+1. The van der Waals surface area contributed by atoms with Crippen molar-refractivity contribution in [2.24, 2.45) is 0 Å². The number of hydrogen-bond donors (Lipinski definition) is 1. The van der Waals surface area contributed by atoms with Crippen molar-refractivity contribution in [3.8, 4) is 0 Å². The second-order valence-electron chi connectivity index (χ2n) is 7.23. The Labute approximate surface area is 175 Å². The lowest BCUT2D eigenvalue weighted by Crippen LogP contribution is -3.05. The van der Waals surface area contributed by atoms with Crippen LogP contribution in [0, 0.1) is 6.92 Å². The maximum absolute atomic E-state index is 13.0. The van der Waals surface area contributed by atoms with Gasteiger partial charge in [0.15, 0.2) is 5.13 Å². The molecule has 4 nitrogen and oxygen atoms in total. The van der Waals surface area contributed by atoms with Crippen LogP contribution in [0.2, 0.25) is 0 Å². The number of anilines is 1. The number of carbonyl (C=O) groups excluding carboxylic acids is 1. The fourth-order valence-electron chi connectivity index (χ4n) is 2.92. The number of carbonyl (C=O) groups is 1. The third-order valence-electron chi connectivity index (χ3n) is 4.48. The average molecular weight is 415 g/mol. The summed E-state index contributed by atoms with van der Waals surface area (Å²) >= 11 is 3.34. The molecule has 1 heterocycles. The molecule has 0 bridgehead atoms. The Kier molecular flexibility index (Phi) is 7.48. The number of nitrogens with zero attached hydrogens (tertiary/aromatic N) is 2. The Morgan fingerprint density at radius 2 is 1.89 bits per heavy atom. The molecule has 6 heteroatoms. The molecule has 148 valence electrons. The number of rotatable bonds is 9. The quantitative estimate of drug-likeness (QED) is 0.543. The minimum absolute atomic E-state index is 0.160. The lowest BCUT2D eigenvalue weighted by Gasteiger charge is -2.20. The van der Waals surface area contributed by atoms with Gasteiger partial charge >= 0.3 is 0 Å². The van der Waals surface area contributed by atoms with E-state index in [0.29, 0.717) is 6.42 Å². The maximum atomic E-state index is 13.0. The highest BCUT2D eigenvalue weighted by Gasteiger charge is 2.19. The SMILES string of the molecule is Cc1ccc(SCCC(=O)N(CCC[NH+](C)C)c2nc3ccccc3s2)cc1. The first-order valence-corrected chi connectivity index (χ1v) is 11.5. The summed E-state index contributed by atoms with van der Waals surface area (Å²) in [4.78, 5) is 22.2. The molecule has 2 aromatic carbocycles. The van der Waals surface area contributed by atoms with Gasteiger partial charge in [-0.15, -0.1) is 11.8 Å². The predicted molar refractivity (Wildman–Crippen MR) is 121 cm³/mol. The van der Waals surface area contributed by atoms with Crippen molar-refractivity contribution in [2.75, 3.05) is 37.8 Å². The van der Waals surface area contributed by atoms with Crippen molar-refractivity contribution >= 4 is 44.4 Å². The van der Waals surface area contributed by atoms with E-state index in [1.54, 1.807) is 23.1 Å². The molecule has 0 aliphatic carbocycles. The molecule has 0 aliphatic rings. The van der Waals surface area contributed by atoms with E-state index < -0.39 is 0 Å². The summed E-state index contributed by atoms with van der Waals surface area (Å²) in [6, 6.07) is 16.6. The molecule has 0 unspecified atom stereocenters. The zero-order chi connectivity index (χ0) is 19.9. The van der Waals surface area contributed by atoms with Crippen LogP contribution in [0.4, 0.5) is 5.13 Å². The molecule has 1 amide bonds. The summed E-state index contributed by atoms with van der Waals surface area (Å²) < 4.78 is 1.13. The number of thiazole rings is 1. The zero-order valence-electron chi connectivity index (χ0n) is 16.8. The normalized spacial score (nSPS) is 11.3. The van der Waals surface area contributed by atoms with Gasteiger partial charge in [0.2, 0.25) is 5.91 Å². The molecule has 0 saturated carbocycles. The summed E-state index contributed by atoms with van der Waals surface area (Å²) in [7, 11) is 4.28. The molecule has 0 saturated heterocycles. The van der Waals surface area contributed by atoms with Crippen LogP contribution in [0.1, 0.15) is 18.4 Å². The first-order chi connectivity index (χ1) is 13.5. The second kappa shape index (κ2) is 10.0. The van der Waals surface area contributed by atoms with Gasteiger partial charge in [0.25, 0.3) is 0 Å². The van der Waals surface area contributed by atoms with Gasteiger partial charge in [0, 0.05) is 30.0 Å². The average Bonchev–Trinajstić information content (AvgIpc) is 3.10. The third kappa shape index (κ3) is 5.80. The van der Waals surface area contributed by atoms with Crippen LogP contribution in [0.5, 0.6) is 0 Å². The smallest absolute Gasteiger partial charge is 0.229 e. The van der Waals surface area contributed by atoms with Gasteiger partial charge in [0.1, 0.15) is 0 Å². The van der Waals surface area contributed by atoms with E-state index in [0.717, 1.165) is 40.6 Å². The Morgan fingerprint density at radius 3 is 2.61 bits per heavy atom. The molecule has 0 atom stereocenters. The number of benzene rings is 2. The van der Waals surface area contributed by atoms with E-state index in [1.807, 2.05) is 23.1 Å². The van der Waals surface area contributed by atoms with E-state index in [4.69, 9.17) is 4.98 Å². The highest BCUT2D eigenvalue weighted by molar-refractivity contribution is 7.99. The molecule has 0 radical (unpaired) electrons. The third-order valence-corrected chi connectivity index (χ3v) is 6.55. The number of para-hydroxylation sites is 1. The molecule has 3 rings (SSSR count). The Morgan fingerprint density at radius 1 is 1.14 bits per heavy atom. The van der Waals surface area contributed by atoms with Gasteiger partial charge in [-0.05, 0) is 31.2 Å². The topological polar surface area (TPSA) is 37.6 Å². The number of aromatic nitrogens is 1. The summed E-state index contributed by atoms with van der Waals surface area (Å²) in [5.41, 5.74) is 2.22. The van der Waals surface area contributed by atoms with Crippen molar-refractivity contribution in [3.63, 3.8) is 0 Å². The molecule has 1 N–H and O–H groups in total. The number of quaternary nitrogens is 1. The van der Waals surface area contributed by atoms with Crippen molar-refractivity contribution < 1.29 is 9.69 Å². The van der Waals surface area contributed by atoms with Crippen LogP contribution in [0.25, 0.3) is 10.2 Å². The summed E-state index contributed by atoms with van der Waals surface area (Å²) in [5.74, 6) is 0.940. The highest BCUT2D eigenvalue weighted by atomic mass is 32.2. The Balaban J connectivity index is 1.66. The zero-order valence-corrected chi connectivity index (χ0v) is 18.4. The number of hydrogen-bond acceptors (Lipinski definition) is 4. The molecule has 3 aromatic rings. The largest absolute Gasteiger partial charge is 0.340 e. The summed E-state index contributed by atoms with van der Waals surface area (Å²) in [6.45, 7) is 3.84. The van der Waals surface area contributed by atoms with Crippen LogP contribution in [0.3, 0.4) is 0 Å². The van der Waals surface area contributed by atoms with Crippen molar-refractivity contribution in [3.05, 3.63) is 54.1 Å². The van der Waals surface area contributed by atoms with Gasteiger partial charge in [-0.3, -0.25) is 9.69 Å². The van der Waals surface area contributed by atoms with Crippen LogP contribution in [0.15, 0.2) is 53.4 Å². The predicted octanol–water partition coefficient (Wildman–Crippen LogP) is 3.65. The molecule has 1 aromatic heterocycles. The lowest BCUT2D eigenvalue weighted by molar-refractivity contribution is -0.858. The van der Waals surface area contributed by atoms with Gasteiger partial charge in [-0.25, -0.2) is 4.98 Å². The van der Waals surface area contributed by atoms with Gasteiger partial charge in [-0.1, -0.05) is 41.2 Å². The lowest BCUT2D eigenvalue weighted by atomic mass is 10.2. The monoisotopic (exact) mass is 414 g/mol. The van der Waals surface area contributed by atoms with E-state index >= 15 is 0 Å². The number of aryl methyl sites for hydroxylation is 1. The van der Waals surface area contributed by atoms with Gasteiger partial charge < -0.3 is 4.90 Å². The number of nitrogens with one attached hydrogen (secondary N) is 1. The van der Waals surface area contributed by atoms with E-state index in [-0.39, 0.29) is 5.91 Å². The first-order valence-electron chi connectivity index (χ1n) is 9.67. The first kappa shape index (κ1) is 20.8. The van der Waals surface area contributed by atoms with E-state index in [9.17, 15) is 4.79 Å². The fourth-order valence-corrected chi connectivity index (χ4v) is 4.77. The van der Waals surface area contributed by atoms with Crippen LogP contribution in [-0.2, 0) is 4.79 Å². The number of thioether (sulfide) groups is 1. The molecule has 0 aliphatic heterocycles. The van der Waals surface area contributed by atoms with Crippen LogP contribution < -0.4 is 9.80 Å². The number of amides is 1. The van der Waals surface area contributed by atoms with Crippen LogP contribution in [-0.4, -0.2) is 43.8 Å². The van der Waals surface area contributed by atoms with Gasteiger partial charge in [-0.2, -0.15) is 0 Å². The van der Waals surface area contributed by atoms with Gasteiger partial charge in [0.05, 0.1) is 30.9 Å². The summed E-state index contributed by atoms with van der Waals surface area (Å²) in [5, 5.41) is 0.820. The highest BCUT2D eigenvalue weighted by Crippen LogP contribution is 2.29. The molecule has 0 fully saturated rings. The van der Waals surface area contributed by atoms with E-state index in [2.05, 4.69) is 51.4 Å². The Bertz CT molecular complexity index is 873. The molecule has 0 spiro atoms. The minimum atomic E-state index is 0.160.